The predicted molar refractivity (Wildman–Crippen MR) is 111 cm³/mol. The number of carbonyl (C=O) groups excluding carboxylic acids is 1. The summed E-state index contributed by atoms with van der Waals surface area (Å²) in [5, 5.41) is 2.92. The Balaban J connectivity index is 1.69. The number of quaternary nitrogens is 1. The lowest BCUT2D eigenvalue weighted by Crippen LogP contribution is -3.15. The second-order valence-corrected chi connectivity index (χ2v) is 10.7. The van der Waals surface area contributed by atoms with Crippen LogP contribution in [0.2, 0.25) is 0 Å². The maximum atomic E-state index is 13.0. The molecule has 6 nitrogen and oxygen atoms in total. The maximum Gasteiger partial charge on any atom is 0.279 e. The Morgan fingerprint density at radius 2 is 1.79 bits per heavy atom. The van der Waals surface area contributed by atoms with Gasteiger partial charge in [0.25, 0.3) is 5.91 Å². The van der Waals surface area contributed by atoms with E-state index in [0.29, 0.717) is 47.6 Å². The van der Waals surface area contributed by atoms with Crippen molar-refractivity contribution < 1.29 is 18.1 Å². The molecule has 0 aromatic heterocycles. The molecule has 2 aliphatic heterocycles. The Bertz CT molecular complexity index is 793. The van der Waals surface area contributed by atoms with E-state index in [1.807, 2.05) is 6.92 Å². The molecule has 0 bridgehead atoms. The minimum absolute atomic E-state index is 0.0542. The lowest BCUT2D eigenvalue weighted by molar-refractivity contribution is -0.904. The Kier molecular flexibility index (Phi) is 6.78. The first kappa shape index (κ1) is 21.3. The molecule has 7 heteroatoms. The van der Waals surface area contributed by atoms with Gasteiger partial charge in [0.2, 0.25) is 10.0 Å². The van der Waals surface area contributed by atoms with Crippen molar-refractivity contribution in [3.63, 3.8) is 0 Å². The molecule has 0 aliphatic carbocycles. The van der Waals surface area contributed by atoms with Crippen LogP contribution in [-0.2, 0) is 14.8 Å². The summed E-state index contributed by atoms with van der Waals surface area (Å²) in [5.74, 6) is 1.21. The van der Waals surface area contributed by atoms with Crippen LogP contribution in [0.25, 0.3) is 0 Å². The summed E-state index contributed by atoms with van der Waals surface area (Å²) in [4.78, 5) is 14.2. The number of amides is 1. The number of aryl methyl sites for hydroxylation is 1. The summed E-state index contributed by atoms with van der Waals surface area (Å²) >= 11 is 0. The van der Waals surface area contributed by atoms with Gasteiger partial charge < -0.3 is 10.2 Å². The van der Waals surface area contributed by atoms with Crippen LogP contribution in [-0.4, -0.2) is 51.4 Å². The molecule has 0 unspecified atom stereocenters. The van der Waals surface area contributed by atoms with E-state index in [-0.39, 0.29) is 5.91 Å². The minimum atomic E-state index is -3.52. The highest BCUT2D eigenvalue weighted by Crippen LogP contribution is 2.26. The fourth-order valence-corrected chi connectivity index (χ4v) is 6.47. The topological polar surface area (TPSA) is 70.9 Å². The van der Waals surface area contributed by atoms with Gasteiger partial charge in [-0.2, -0.15) is 4.31 Å². The summed E-state index contributed by atoms with van der Waals surface area (Å²) in [5.41, 5.74) is 1.27. The van der Waals surface area contributed by atoms with Gasteiger partial charge in [0, 0.05) is 30.6 Å². The monoisotopic (exact) mass is 408 g/mol. The average Bonchev–Trinajstić information content (AvgIpc) is 2.63. The number of piperidine rings is 2. The van der Waals surface area contributed by atoms with Gasteiger partial charge in [-0.1, -0.05) is 26.3 Å². The average molecular weight is 409 g/mol. The quantitative estimate of drug-likeness (QED) is 0.779. The number of nitrogens with one attached hydrogen (secondary N) is 2. The van der Waals surface area contributed by atoms with E-state index < -0.39 is 10.0 Å². The van der Waals surface area contributed by atoms with Gasteiger partial charge in [-0.05, 0) is 43.9 Å². The fraction of sp³-hybridized carbons (Fsp3) is 0.667. The molecule has 2 aliphatic rings. The van der Waals surface area contributed by atoms with Crippen LogP contribution in [0.1, 0.15) is 45.1 Å². The van der Waals surface area contributed by atoms with Crippen LogP contribution in [0.4, 0.5) is 5.69 Å². The highest BCUT2D eigenvalue weighted by molar-refractivity contribution is 7.89. The zero-order chi connectivity index (χ0) is 20.3. The number of sulfonamides is 1. The fourth-order valence-electron chi connectivity index (χ4n) is 4.70. The van der Waals surface area contributed by atoms with Crippen molar-refractivity contribution in [2.24, 2.45) is 11.8 Å². The number of likely N-dealkylation sites (tertiary alicyclic amines) is 1. The molecule has 1 aromatic rings. The number of nitrogens with zero attached hydrogens (tertiary/aromatic N) is 1. The third-order valence-corrected chi connectivity index (χ3v) is 7.93. The third-order valence-electron chi connectivity index (χ3n) is 5.89. The minimum Gasteiger partial charge on any atom is -0.327 e. The Morgan fingerprint density at radius 1 is 1.14 bits per heavy atom. The highest BCUT2D eigenvalue weighted by atomic mass is 32.2. The van der Waals surface area contributed by atoms with Gasteiger partial charge >= 0.3 is 0 Å². The number of hydrogen-bond acceptors (Lipinski definition) is 3. The van der Waals surface area contributed by atoms with Gasteiger partial charge in [0.15, 0.2) is 6.54 Å². The van der Waals surface area contributed by atoms with Crippen LogP contribution in [0.3, 0.4) is 0 Å². The summed E-state index contributed by atoms with van der Waals surface area (Å²) in [6.45, 7) is 9.90. The van der Waals surface area contributed by atoms with E-state index in [4.69, 9.17) is 0 Å². The van der Waals surface area contributed by atoms with E-state index in [2.05, 4.69) is 19.2 Å². The van der Waals surface area contributed by atoms with Gasteiger partial charge in [-0.15, -0.1) is 0 Å². The van der Waals surface area contributed by atoms with Gasteiger partial charge in [-0.25, -0.2) is 8.42 Å². The van der Waals surface area contributed by atoms with E-state index in [9.17, 15) is 13.2 Å². The number of hydrogen-bond donors (Lipinski definition) is 2. The van der Waals surface area contributed by atoms with Gasteiger partial charge in [0.05, 0.1) is 18.0 Å². The van der Waals surface area contributed by atoms with E-state index >= 15 is 0 Å². The zero-order valence-corrected chi connectivity index (χ0v) is 18.1. The predicted octanol–water partition coefficient (Wildman–Crippen LogP) is 1.67. The Labute approximate surface area is 169 Å². The summed E-state index contributed by atoms with van der Waals surface area (Å²) in [7, 11) is -3.52. The normalized spacial score (nSPS) is 26.8. The van der Waals surface area contributed by atoms with Crippen LogP contribution in [0.5, 0.6) is 0 Å². The largest absolute Gasteiger partial charge is 0.327 e. The van der Waals surface area contributed by atoms with Gasteiger partial charge in [0.1, 0.15) is 0 Å². The van der Waals surface area contributed by atoms with Crippen molar-refractivity contribution in [1.82, 2.24) is 4.31 Å². The molecule has 0 radical (unpaired) electrons. The van der Waals surface area contributed by atoms with Crippen molar-refractivity contribution in [2.75, 3.05) is 38.0 Å². The van der Waals surface area contributed by atoms with E-state index in [1.165, 1.54) is 11.3 Å². The first-order valence-electron chi connectivity index (χ1n) is 10.5. The van der Waals surface area contributed by atoms with Crippen LogP contribution in [0, 0.1) is 18.8 Å². The molecule has 2 saturated heterocycles. The Morgan fingerprint density at radius 3 is 2.43 bits per heavy atom. The van der Waals surface area contributed by atoms with E-state index in [1.54, 1.807) is 22.5 Å². The smallest absolute Gasteiger partial charge is 0.279 e. The number of benzene rings is 1. The number of anilines is 1. The van der Waals surface area contributed by atoms with E-state index in [0.717, 1.165) is 32.4 Å². The molecule has 28 heavy (non-hydrogen) atoms. The maximum absolute atomic E-state index is 13.0. The first-order chi connectivity index (χ1) is 13.3. The van der Waals surface area contributed by atoms with Crippen molar-refractivity contribution >= 4 is 21.6 Å². The van der Waals surface area contributed by atoms with Crippen LogP contribution in [0.15, 0.2) is 23.1 Å². The lowest BCUT2D eigenvalue weighted by atomic mass is 9.92. The molecule has 1 aromatic carbocycles. The van der Waals surface area contributed by atoms with Gasteiger partial charge in [-0.3, -0.25) is 4.79 Å². The van der Waals surface area contributed by atoms with Crippen molar-refractivity contribution in [3.05, 3.63) is 23.8 Å². The highest BCUT2D eigenvalue weighted by Gasteiger charge is 2.29. The van der Waals surface area contributed by atoms with Crippen molar-refractivity contribution in [2.45, 2.75) is 51.3 Å². The second kappa shape index (κ2) is 8.93. The molecular weight excluding hydrogens is 374 g/mol. The molecule has 2 fully saturated rings. The zero-order valence-electron chi connectivity index (χ0n) is 17.3. The molecule has 156 valence electrons. The molecule has 0 spiro atoms. The molecule has 1 amide bonds. The number of carbonyl (C=O) groups is 1. The second-order valence-electron chi connectivity index (χ2n) is 8.77. The van der Waals surface area contributed by atoms with Crippen LogP contribution < -0.4 is 10.2 Å². The summed E-state index contributed by atoms with van der Waals surface area (Å²) < 4.78 is 27.7. The molecule has 0 saturated carbocycles. The van der Waals surface area contributed by atoms with Crippen molar-refractivity contribution in [1.29, 1.82) is 0 Å². The summed E-state index contributed by atoms with van der Waals surface area (Å²) in [6, 6.07) is 5.19. The molecular formula is C21H34N3O3S+. The van der Waals surface area contributed by atoms with Crippen molar-refractivity contribution in [3.8, 4) is 0 Å². The Hall–Kier alpha value is -1.44. The third kappa shape index (κ3) is 5.13. The lowest BCUT2D eigenvalue weighted by Gasteiger charge is -2.31. The standard InChI is InChI=1S/C21H33N3O3S/c1-16-11-17(2)14-23(13-16)15-21(25)22-19-8-7-18(3)20(12-19)28(26,27)24-9-5-4-6-10-24/h7-8,12,16-17H,4-6,9-11,13-15H2,1-3H3,(H,22,25)/p+1/t16-,17-/m0/s1. The molecule has 3 rings (SSSR count). The molecule has 2 heterocycles. The SMILES string of the molecule is Cc1ccc(NC(=O)C[NH+]2C[C@@H](C)C[C@H](C)C2)cc1S(=O)(=O)N1CCCCC1. The van der Waals surface area contributed by atoms with Crippen LogP contribution >= 0.6 is 0 Å². The molecule has 2 atom stereocenters. The number of rotatable bonds is 5. The molecule has 2 N–H and O–H groups in total. The first-order valence-corrected chi connectivity index (χ1v) is 11.9. The summed E-state index contributed by atoms with van der Waals surface area (Å²) in [6.07, 6.45) is 4.12.